The van der Waals surface area contributed by atoms with Crippen molar-refractivity contribution in [2.24, 2.45) is 0 Å². The summed E-state index contributed by atoms with van der Waals surface area (Å²) in [5.41, 5.74) is 0.140. The lowest BCUT2D eigenvalue weighted by atomic mass is 10.2. The first kappa shape index (κ1) is 11.9. The highest BCUT2D eigenvalue weighted by Gasteiger charge is 2.27. The second kappa shape index (κ2) is 5.14. The normalized spacial score (nSPS) is 19.2. The molecule has 17 heavy (non-hydrogen) atoms. The van der Waals surface area contributed by atoms with Crippen LogP contribution in [0.2, 0.25) is 0 Å². The monoisotopic (exact) mass is 235 g/mol. The number of nitrogens with one attached hydrogen (secondary N) is 1. The van der Waals surface area contributed by atoms with E-state index in [-0.39, 0.29) is 23.4 Å². The zero-order valence-electron chi connectivity index (χ0n) is 9.89. The Kier molecular flexibility index (Phi) is 3.58. The highest BCUT2D eigenvalue weighted by molar-refractivity contribution is 5.95. The van der Waals surface area contributed by atoms with Gasteiger partial charge in [-0.15, -0.1) is 0 Å². The van der Waals surface area contributed by atoms with E-state index in [1.54, 1.807) is 11.0 Å². The second-order valence-corrected chi connectivity index (χ2v) is 4.11. The van der Waals surface area contributed by atoms with Gasteiger partial charge >= 0.3 is 0 Å². The van der Waals surface area contributed by atoms with Gasteiger partial charge < -0.3 is 15.3 Å². The minimum atomic E-state index is -0.195. The molecule has 1 aromatic heterocycles. The number of nitrogens with zero attached hydrogens (tertiary/aromatic N) is 2. The molecule has 92 valence electrons. The molecule has 1 aliphatic rings. The summed E-state index contributed by atoms with van der Waals surface area (Å²) in [6.07, 6.45) is 2.47. The Labute approximate surface area is 100 Å². The molecule has 2 heterocycles. The summed E-state index contributed by atoms with van der Waals surface area (Å²) in [4.78, 5) is 18.0. The number of aromatic nitrogens is 1. The molecule has 1 aliphatic heterocycles. The van der Waals surface area contributed by atoms with Gasteiger partial charge in [0.25, 0.3) is 5.91 Å². The molecule has 5 nitrogen and oxygen atoms in total. The molecular weight excluding hydrogens is 218 g/mol. The minimum Gasteiger partial charge on any atom is -0.505 e. The van der Waals surface area contributed by atoms with Crippen molar-refractivity contribution in [1.29, 1.82) is 0 Å². The molecule has 1 atom stereocenters. The SMILES string of the molecule is CCN(C(=O)c1ncccc1O)C1CCNC1. The van der Waals surface area contributed by atoms with Gasteiger partial charge in [-0.05, 0) is 32.0 Å². The van der Waals surface area contributed by atoms with Crippen molar-refractivity contribution in [1.82, 2.24) is 15.2 Å². The quantitative estimate of drug-likeness (QED) is 0.805. The van der Waals surface area contributed by atoms with E-state index in [2.05, 4.69) is 10.3 Å². The molecule has 0 saturated carbocycles. The lowest BCUT2D eigenvalue weighted by molar-refractivity contribution is 0.0694. The van der Waals surface area contributed by atoms with Crippen LogP contribution < -0.4 is 5.32 Å². The number of rotatable bonds is 3. The van der Waals surface area contributed by atoms with E-state index in [1.165, 1.54) is 12.3 Å². The average Bonchev–Trinajstić information content (AvgIpc) is 2.84. The summed E-state index contributed by atoms with van der Waals surface area (Å²) in [6.45, 7) is 4.31. The average molecular weight is 235 g/mol. The molecule has 1 fully saturated rings. The minimum absolute atomic E-state index is 0.0538. The number of likely N-dealkylation sites (N-methyl/N-ethyl adjacent to an activating group) is 1. The Morgan fingerprint density at radius 2 is 2.53 bits per heavy atom. The first-order valence-electron chi connectivity index (χ1n) is 5.89. The van der Waals surface area contributed by atoms with Gasteiger partial charge in [0.05, 0.1) is 0 Å². The predicted molar refractivity (Wildman–Crippen MR) is 63.9 cm³/mol. The van der Waals surface area contributed by atoms with Crippen molar-refractivity contribution in [3.63, 3.8) is 0 Å². The van der Waals surface area contributed by atoms with E-state index in [1.807, 2.05) is 6.92 Å². The molecule has 0 aliphatic carbocycles. The van der Waals surface area contributed by atoms with Gasteiger partial charge in [0.2, 0.25) is 0 Å². The van der Waals surface area contributed by atoms with Crippen LogP contribution in [-0.2, 0) is 0 Å². The number of carbonyl (C=O) groups excluding carboxylic acids is 1. The summed E-state index contributed by atoms with van der Waals surface area (Å²) in [5, 5.41) is 12.9. The Morgan fingerprint density at radius 1 is 1.71 bits per heavy atom. The summed E-state index contributed by atoms with van der Waals surface area (Å²) >= 11 is 0. The third-order valence-electron chi connectivity index (χ3n) is 3.07. The zero-order valence-corrected chi connectivity index (χ0v) is 9.89. The standard InChI is InChI=1S/C12H17N3O2/c1-2-15(9-5-7-13-8-9)12(17)11-10(16)4-3-6-14-11/h3-4,6,9,13,16H,2,5,7-8H2,1H3. The van der Waals surface area contributed by atoms with E-state index in [9.17, 15) is 9.90 Å². The van der Waals surface area contributed by atoms with Crippen LogP contribution in [0.25, 0.3) is 0 Å². The molecule has 2 rings (SSSR count). The van der Waals surface area contributed by atoms with Crippen molar-refractivity contribution in [3.8, 4) is 5.75 Å². The maximum Gasteiger partial charge on any atom is 0.276 e. The van der Waals surface area contributed by atoms with Gasteiger partial charge in [-0.1, -0.05) is 0 Å². The fourth-order valence-electron chi connectivity index (χ4n) is 2.17. The number of aromatic hydroxyl groups is 1. The van der Waals surface area contributed by atoms with Gasteiger partial charge in [-0.2, -0.15) is 0 Å². The largest absolute Gasteiger partial charge is 0.505 e. The first-order chi connectivity index (χ1) is 8.24. The summed E-state index contributed by atoms with van der Waals surface area (Å²) < 4.78 is 0. The molecule has 1 amide bonds. The Morgan fingerprint density at radius 3 is 3.12 bits per heavy atom. The van der Waals surface area contributed by atoms with Crippen LogP contribution in [0, 0.1) is 0 Å². The lowest BCUT2D eigenvalue weighted by Gasteiger charge is -2.26. The van der Waals surface area contributed by atoms with Crippen LogP contribution >= 0.6 is 0 Å². The maximum atomic E-state index is 12.3. The topological polar surface area (TPSA) is 65.5 Å². The van der Waals surface area contributed by atoms with Crippen molar-refractivity contribution >= 4 is 5.91 Å². The predicted octanol–water partition coefficient (Wildman–Crippen LogP) is 0.611. The third kappa shape index (κ3) is 2.39. The van der Waals surface area contributed by atoms with Crippen LogP contribution in [0.15, 0.2) is 18.3 Å². The van der Waals surface area contributed by atoms with Crippen LogP contribution in [0.1, 0.15) is 23.8 Å². The Hall–Kier alpha value is -1.62. The van der Waals surface area contributed by atoms with Crippen molar-refractivity contribution < 1.29 is 9.90 Å². The highest BCUT2D eigenvalue weighted by atomic mass is 16.3. The molecule has 0 radical (unpaired) electrons. The first-order valence-corrected chi connectivity index (χ1v) is 5.89. The molecule has 0 spiro atoms. The fourth-order valence-corrected chi connectivity index (χ4v) is 2.17. The molecule has 2 N–H and O–H groups in total. The molecule has 1 aromatic rings. The molecule has 1 unspecified atom stereocenters. The van der Waals surface area contributed by atoms with E-state index in [0.717, 1.165) is 19.5 Å². The summed E-state index contributed by atoms with van der Waals surface area (Å²) in [6, 6.07) is 3.30. The molecule has 5 heteroatoms. The summed E-state index contributed by atoms with van der Waals surface area (Å²) in [5.74, 6) is -0.249. The zero-order chi connectivity index (χ0) is 12.3. The number of amides is 1. The molecular formula is C12H17N3O2. The van der Waals surface area contributed by atoms with Gasteiger partial charge in [0.1, 0.15) is 5.75 Å². The van der Waals surface area contributed by atoms with Gasteiger partial charge in [0, 0.05) is 25.3 Å². The van der Waals surface area contributed by atoms with E-state index < -0.39 is 0 Å². The smallest absolute Gasteiger partial charge is 0.276 e. The number of hydrogen-bond donors (Lipinski definition) is 2. The van der Waals surface area contributed by atoms with E-state index in [0.29, 0.717) is 6.54 Å². The van der Waals surface area contributed by atoms with Crippen LogP contribution in [0.4, 0.5) is 0 Å². The summed E-state index contributed by atoms with van der Waals surface area (Å²) in [7, 11) is 0. The van der Waals surface area contributed by atoms with Crippen molar-refractivity contribution in [2.45, 2.75) is 19.4 Å². The van der Waals surface area contributed by atoms with E-state index >= 15 is 0 Å². The van der Waals surface area contributed by atoms with Crippen molar-refractivity contribution in [2.75, 3.05) is 19.6 Å². The van der Waals surface area contributed by atoms with Crippen LogP contribution in [0.3, 0.4) is 0 Å². The number of hydrogen-bond acceptors (Lipinski definition) is 4. The number of pyridine rings is 1. The number of carbonyl (C=O) groups is 1. The van der Waals surface area contributed by atoms with E-state index in [4.69, 9.17) is 0 Å². The maximum absolute atomic E-state index is 12.3. The van der Waals surface area contributed by atoms with Gasteiger partial charge in [-0.25, -0.2) is 4.98 Å². The van der Waals surface area contributed by atoms with Crippen LogP contribution in [-0.4, -0.2) is 46.6 Å². The Bertz CT molecular complexity index is 402. The van der Waals surface area contributed by atoms with Crippen molar-refractivity contribution in [3.05, 3.63) is 24.0 Å². The lowest BCUT2D eigenvalue weighted by Crippen LogP contribution is -2.41. The highest BCUT2D eigenvalue weighted by Crippen LogP contribution is 2.18. The van der Waals surface area contributed by atoms with Crippen LogP contribution in [0.5, 0.6) is 5.75 Å². The van der Waals surface area contributed by atoms with Gasteiger partial charge in [-0.3, -0.25) is 4.79 Å². The molecule has 0 aromatic carbocycles. The molecule has 0 bridgehead atoms. The third-order valence-corrected chi connectivity index (χ3v) is 3.07. The van der Waals surface area contributed by atoms with Gasteiger partial charge in [0.15, 0.2) is 5.69 Å². The fraction of sp³-hybridized carbons (Fsp3) is 0.500. The second-order valence-electron chi connectivity index (χ2n) is 4.11. The Balaban J connectivity index is 2.20. The molecule has 1 saturated heterocycles.